The Hall–Kier alpha value is -4.81. The molecule has 13 heteroatoms. The van der Waals surface area contributed by atoms with E-state index in [1.165, 1.54) is 30.0 Å². The van der Waals surface area contributed by atoms with Crippen LogP contribution in [-0.2, 0) is 19.6 Å². The number of ether oxygens (including phenoxy) is 2. The Morgan fingerprint density at radius 1 is 0.921 bits per heavy atom. The number of benzene rings is 2. The highest BCUT2D eigenvalue weighted by Gasteiger charge is 2.31. The molecule has 0 radical (unpaired) electrons. The highest BCUT2D eigenvalue weighted by atomic mass is 19.4. The van der Waals surface area contributed by atoms with E-state index in [0.29, 0.717) is 22.4 Å². The van der Waals surface area contributed by atoms with E-state index < -0.39 is 23.5 Å². The van der Waals surface area contributed by atoms with Crippen molar-refractivity contribution in [2.24, 2.45) is 0 Å². The lowest BCUT2D eigenvalue weighted by atomic mass is 10.2. The topological polar surface area (TPSA) is 126 Å². The zero-order chi connectivity index (χ0) is 27.3. The molecular formula is C25H23F3N6O4. The summed E-state index contributed by atoms with van der Waals surface area (Å²) in [6, 6.07) is 15.3. The number of pyridine rings is 1. The molecule has 0 amide bonds. The first-order chi connectivity index (χ1) is 18.1. The van der Waals surface area contributed by atoms with E-state index in [1.54, 1.807) is 36.4 Å². The van der Waals surface area contributed by atoms with Gasteiger partial charge in [-0.25, -0.2) is 19.1 Å². The number of rotatable bonds is 9. The molecule has 4 rings (SSSR count). The maximum atomic E-state index is 13.5. The van der Waals surface area contributed by atoms with Crippen LogP contribution in [-0.4, -0.2) is 32.6 Å². The summed E-state index contributed by atoms with van der Waals surface area (Å²) in [6.45, 7) is -0.0266. The van der Waals surface area contributed by atoms with Crippen LogP contribution in [0.25, 0.3) is 0 Å². The van der Waals surface area contributed by atoms with E-state index in [4.69, 9.17) is 10.5 Å². The van der Waals surface area contributed by atoms with E-state index >= 15 is 0 Å². The number of nitrogens with two attached hydrogens (primary N) is 1. The van der Waals surface area contributed by atoms with E-state index in [9.17, 15) is 22.8 Å². The molecule has 0 aliphatic carbocycles. The molecule has 2 aromatic carbocycles. The zero-order valence-corrected chi connectivity index (χ0v) is 20.1. The molecule has 4 aromatic rings. The van der Waals surface area contributed by atoms with Gasteiger partial charge in [-0.05, 0) is 41.5 Å². The van der Waals surface area contributed by atoms with Crippen LogP contribution in [0.2, 0.25) is 0 Å². The normalized spacial score (nSPS) is 11.3. The van der Waals surface area contributed by atoms with Crippen LogP contribution >= 0.6 is 0 Å². The van der Waals surface area contributed by atoms with Crippen molar-refractivity contribution in [2.75, 3.05) is 18.2 Å². The van der Waals surface area contributed by atoms with Crippen LogP contribution in [0.4, 0.5) is 24.9 Å². The minimum atomic E-state index is -4.83. The first-order valence-electron chi connectivity index (χ1n) is 11.3. The van der Waals surface area contributed by atoms with E-state index in [2.05, 4.69) is 20.0 Å². The summed E-state index contributed by atoms with van der Waals surface area (Å²) < 4.78 is 48.8. The van der Waals surface area contributed by atoms with Gasteiger partial charge in [0.25, 0.3) is 0 Å². The van der Waals surface area contributed by atoms with E-state index in [1.807, 2.05) is 0 Å². The van der Waals surface area contributed by atoms with Crippen LogP contribution in [0.1, 0.15) is 16.7 Å². The summed E-state index contributed by atoms with van der Waals surface area (Å²) in [7, 11) is 1.52. The van der Waals surface area contributed by atoms with Crippen molar-refractivity contribution in [3.8, 4) is 11.5 Å². The third-order valence-corrected chi connectivity index (χ3v) is 5.51. The number of nitrogen functional groups attached to an aromatic ring is 1. The monoisotopic (exact) mass is 528 g/mol. The van der Waals surface area contributed by atoms with E-state index in [-0.39, 0.29) is 31.4 Å². The molecular weight excluding hydrogens is 505 g/mol. The SMILES string of the molecule is COc1ccc(Cn2c(=O)nc(NCc3cccnc3N)n(Cc3ccc(OC(F)(F)F)cc3)c2=O)cc1. The number of nitrogens with one attached hydrogen (secondary N) is 1. The summed E-state index contributed by atoms with van der Waals surface area (Å²) in [5.74, 6) is 0.442. The molecule has 2 heterocycles. The number of aromatic nitrogens is 4. The van der Waals surface area contributed by atoms with Crippen LogP contribution in [0, 0.1) is 0 Å². The van der Waals surface area contributed by atoms with Crippen molar-refractivity contribution in [3.63, 3.8) is 0 Å². The van der Waals surface area contributed by atoms with E-state index in [0.717, 1.165) is 16.7 Å². The predicted molar refractivity (Wildman–Crippen MR) is 133 cm³/mol. The van der Waals surface area contributed by atoms with Gasteiger partial charge in [0.1, 0.15) is 17.3 Å². The summed E-state index contributed by atoms with van der Waals surface area (Å²) >= 11 is 0. The van der Waals surface area contributed by atoms with Gasteiger partial charge in [-0.2, -0.15) is 4.98 Å². The van der Waals surface area contributed by atoms with Gasteiger partial charge in [-0.3, -0.25) is 4.57 Å². The third kappa shape index (κ3) is 6.49. The van der Waals surface area contributed by atoms with Gasteiger partial charge in [-0.15, -0.1) is 13.2 Å². The van der Waals surface area contributed by atoms with Gasteiger partial charge in [-0.1, -0.05) is 30.3 Å². The predicted octanol–water partition coefficient (Wildman–Crippen LogP) is 3.00. The Morgan fingerprint density at radius 3 is 2.11 bits per heavy atom. The summed E-state index contributed by atoms with van der Waals surface area (Å²) in [4.78, 5) is 34.4. The molecule has 0 unspecified atom stereocenters. The van der Waals surface area contributed by atoms with Gasteiger partial charge < -0.3 is 20.5 Å². The van der Waals surface area contributed by atoms with Gasteiger partial charge >= 0.3 is 17.7 Å². The highest BCUT2D eigenvalue weighted by Crippen LogP contribution is 2.23. The fraction of sp³-hybridized carbons (Fsp3) is 0.200. The third-order valence-electron chi connectivity index (χ3n) is 5.51. The molecule has 0 saturated heterocycles. The Labute approximate surface area is 214 Å². The van der Waals surface area contributed by atoms with Crippen molar-refractivity contribution in [1.82, 2.24) is 19.1 Å². The second-order valence-electron chi connectivity index (χ2n) is 8.11. The summed E-state index contributed by atoms with van der Waals surface area (Å²) in [5.41, 5.74) is 6.19. The molecule has 0 aliphatic heterocycles. The molecule has 0 atom stereocenters. The molecule has 0 spiro atoms. The van der Waals surface area contributed by atoms with Crippen LogP contribution in [0.15, 0.2) is 76.4 Å². The fourth-order valence-corrected chi connectivity index (χ4v) is 3.61. The lowest BCUT2D eigenvalue weighted by molar-refractivity contribution is -0.274. The minimum Gasteiger partial charge on any atom is -0.497 e. The second kappa shape index (κ2) is 11.1. The fourth-order valence-electron chi connectivity index (χ4n) is 3.61. The highest BCUT2D eigenvalue weighted by molar-refractivity contribution is 5.41. The molecule has 198 valence electrons. The lowest BCUT2D eigenvalue weighted by Gasteiger charge is -2.16. The Kier molecular flexibility index (Phi) is 7.65. The number of nitrogens with zero attached hydrogens (tertiary/aromatic N) is 4. The molecule has 0 fully saturated rings. The maximum Gasteiger partial charge on any atom is 0.573 e. The molecule has 0 bridgehead atoms. The maximum absolute atomic E-state index is 13.5. The van der Waals surface area contributed by atoms with Gasteiger partial charge in [0.2, 0.25) is 5.95 Å². The lowest BCUT2D eigenvalue weighted by Crippen LogP contribution is -2.43. The van der Waals surface area contributed by atoms with Crippen LogP contribution in [0.3, 0.4) is 0 Å². The minimum absolute atomic E-state index is 0.0372. The Bertz CT molecular complexity index is 1520. The van der Waals surface area contributed by atoms with Gasteiger partial charge in [0, 0.05) is 18.3 Å². The molecule has 0 aliphatic rings. The zero-order valence-electron chi connectivity index (χ0n) is 20.1. The van der Waals surface area contributed by atoms with Crippen molar-refractivity contribution in [2.45, 2.75) is 26.0 Å². The van der Waals surface area contributed by atoms with Crippen LogP contribution < -0.4 is 31.9 Å². The molecule has 0 saturated carbocycles. The van der Waals surface area contributed by atoms with Crippen molar-refractivity contribution < 1.29 is 22.6 Å². The van der Waals surface area contributed by atoms with Crippen molar-refractivity contribution >= 4 is 11.8 Å². The number of anilines is 2. The number of alkyl halides is 3. The Morgan fingerprint density at radius 2 is 1.53 bits per heavy atom. The van der Waals surface area contributed by atoms with Crippen molar-refractivity contribution in [1.29, 1.82) is 0 Å². The number of hydrogen-bond acceptors (Lipinski definition) is 8. The smallest absolute Gasteiger partial charge is 0.497 e. The largest absolute Gasteiger partial charge is 0.573 e. The number of methoxy groups -OCH3 is 1. The number of hydrogen-bond donors (Lipinski definition) is 2. The first kappa shape index (κ1) is 26.3. The van der Waals surface area contributed by atoms with Gasteiger partial charge in [0.15, 0.2) is 0 Å². The standard InChI is InChI=1S/C25H23F3N6O4/c1-37-19-8-4-17(5-9-19)15-34-23(35)32-22(31-13-18-3-2-12-30-21(18)29)33(24(34)36)14-16-6-10-20(11-7-16)38-25(26,27)28/h2-12H,13-15H2,1H3,(H2,29,30)(H,31,32,35). The summed E-state index contributed by atoms with van der Waals surface area (Å²) in [6.07, 6.45) is -3.30. The summed E-state index contributed by atoms with van der Waals surface area (Å²) in [5, 5.41) is 2.95. The average molecular weight is 528 g/mol. The molecule has 2 aromatic heterocycles. The molecule has 10 nitrogen and oxygen atoms in total. The average Bonchev–Trinajstić information content (AvgIpc) is 2.88. The Balaban J connectivity index is 1.69. The van der Waals surface area contributed by atoms with Gasteiger partial charge in [0.05, 0.1) is 20.2 Å². The first-order valence-corrected chi connectivity index (χ1v) is 11.3. The quantitative estimate of drug-likeness (QED) is 0.340. The van der Waals surface area contributed by atoms with Crippen LogP contribution in [0.5, 0.6) is 11.5 Å². The number of halogens is 3. The molecule has 3 N–H and O–H groups in total. The van der Waals surface area contributed by atoms with Crippen molar-refractivity contribution in [3.05, 3.63) is 105 Å². The molecule has 38 heavy (non-hydrogen) atoms. The second-order valence-corrected chi connectivity index (χ2v) is 8.11.